The van der Waals surface area contributed by atoms with Crippen molar-refractivity contribution in [1.82, 2.24) is 30.0 Å². The molecule has 3 heterocycles. The summed E-state index contributed by atoms with van der Waals surface area (Å²) < 4.78 is 11.5. The number of ether oxygens (including phenoxy) is 2. The number of amides is 1. The number of hydrogen-bond acceptors (Lipinski definition) is 9. The summed E-state index contributed by atoms with van der Waals surface area (Å²) in [5.74, 6) is 0.462. The van der Waals surface area contributed by atoms with Crippen molar-refractivity contribution >= 4 is 11.9 Å². The lowest BCUT2D eigenvalue weighted by Gasteiger charge is -2.26. The fourth-order valence-corrected chi connectivity index (χ4v) is 2.34. The van der Waals surface area contributed by atoms with E-state index in [1.54, 1.807) is 0 Å². The standard InChI is InChI=1S/C15H19N7O4/c1-25-15-19-11(18-14(20-15)21-5-7-26-8-6-21)9-16-12(23)10-22-13(24)3-2-4-17-22/h2-4H,5-10H2,1H3,(H,16,23). The second kappa shape index (κ2) is 8.34. The molecule has 0 aliphatic carbocycles. The van der Waals surface area contributed by atoms with Gasteiger partial charge in [0.15, 0.2) is 5.82 Å². The summed E-state index contributed by atoms with van der Waals surface area (Å²) in [5.41, 5.74) is -0.348. The van der Waals surface area contributed by atoms with Crippen LogP contribution in [0.1, 0.15) is 5.82 Å². The molecule has 0 atom stereocenters. The number of carbonyl (C=O) groups excluding carboxylic acids is 1. The van der Waals surface area contributed by atoms with Crippen molar-refractivity contribution in [3.63, 3.8) is 0 Å². The molecule has 3 rings (SSSR count). The van der Waals surface area contributed by atoms with Gasteiger partial charge in [0.1, 0.15) is 6.54 Å². The normalized spacial score (nSPS) is 14.1. The summed E-state index contributed by atoms with van der Waals surface area (Å²) in [6.45, 7) is 2.43. The van der Waals surface area contributed by atoms with Gasteiger partial charge in [0.05, 0.1) is 26.9 Å². The average molecular weight is 361 g/mol. The highest BCUT2D eigenvalue weighted by atomic mass is 16.5. The average Bonchev–Trinajstić information content (AvgIpc) is 2.68. The number of carbonyl (C=O) groups is 1. The maximum Gasteiger partial charge on any atom is 0.321 e. The summed E-state index contributed by atoms with van der Waals surface area (Å²) in [6.07, 6.45) is 1.44. The van der Waals surface area contributed by atoms with Gasteiger partial charge >= 0.3 is 6.01 Å². The molecule has 2 aromatic heterocycles. The monoisotopic (exact) mass is 361 g/mol. The third-order valence-electron chi connectivity index (χ3n) is 3.65. The SMILES string of the molecule is COc1nc(CNC(=O)Cn2ncccc2=O)nc(N2CCOCC2)n1. The van der Waals surface area contributed by atoms with Gasteiger partial charge in [-0.1, -0.05) is 0 Å². The number of methoxy groups -OCH3 is 1. The molecular weight excluding hydrogens is 342 g/mol. The molecule has 0 saturated carbocycles. The number of nitrogens with one attached hydrogen (secondary N) is 1. The van der Waals surface area contributed by atoms with E-state index in [2.05, 4.69) is 25.4 Å². The Morgan fingerprint density at radius 3 is 2.85 bits per heavy atom. The molecule has 11 nitrogen and oxygen atoms in total. The van der Waals surface area contributed by atoms with E-state index >= 15 is 0 Å². The molecule has 1 fully saturated rings. The lowest BCUT2D eigenvalue weighted by Crippen LogP contribution is -2.38. The number of nitrogens with zero attached hydrogens (tertiary/aromatic N) is 6. The topological polar surface area (TPSA) is 124 Å². The maximum atomic E-state index is 12.0. The Hall–Kier alpha value is -3.08. The molecule has 1 aliphatic heterocycles. The highest BCUT2D eigenvalue weighted by Crippen LogP contribution is 2.13. The zero-order valence-electron chi connectivity index (χ0n) is 14.3. The second-order valence-electron chi connectivity index (χ2n) is 5.43. The van der Waals surface area contributed by atoms with Crippen LogP contribution < -0.4 is 20.5 Å². The molecule has 0 spiro atoms. The Bertz CT molecular complexity index is 820. The molecule has 11 heteroatoms. The molecule has 2 aromatic rings. The first kappa shape index (κ1) is 17.7. The van der Waals surface area contributed by atoms with Crippen molar-refractivity contribution in [1.29, 1.82) is 0 Å². The molecule has 1 amide bonds. The smallest absolute Gasteiger partial charge is 0.321 e. The van der Waals surface area contributed by atoms with E-state index in [0.717, 1.165) is 4.68 Å². The maximum absolute atomic E-state index is 12.0. The molecule has 1 N–H and O–H groups in total. The van der Waals surface area contributed by atoms with E-state index in [0.29, 0.717) is 38.1 Å². The van der Waals surface area contributed by atoms with Gasteiger partial charge in [0.2, 0.25) is 11.9 Å². The van der Waals surface area contributed by atoms with E-state index in [1.165, 1.54) is 25.4 Å². The van der Waals surface area contributed by atoms with Crippen LogP contribution >= 0.6 is 0 Å². The first-order valence-electron chi connectivity index (χ1n) is 8.06. The van der Waals surface area contributed by atoms with Crippen molar-refractivity contribution < 1.29 is 14.3 Å². The molecule has 138 valence electrons. The van der Waals surface area contributed by atoms with Crippen molar-refractivity contribution in [3.05, 3.63) is 34.5 Å². The first-order chi connectivity index (χ1) is 12.7. The summed E-state index contributed by atoms with van der Waals surface area (Å²) in [6, 6.07) is 3.03. The molecule has 0 aromatic carbocycles. The summed E-state index contributed by atoms with van der Waals surface area (Å²) in [4.78, 5) is 38.3. The largest absolute Gasteiger partial charge is 0.467 e. The number of rotatable bonds is 6. The van der Waals surface area contributed by atoms with Gasteiger partial charge in [-0.15, -0.1) is 0 Å². The zero-order chi connectivity index (χ0) is 18.4. The van der Waals surface area contributed by atoms with Crippen LogP contribution in [0.15, 0.2) is 23.1 Å². The van der Waals surface area contributed by atoms with Gasteiger partial charge < -0.3 is 19.7 Å². The van der Waals surface area contributed by atoms with Gasteiger partial charge in [-0.2, -0.15) is 20.1 Å². The second-order valence-corrected chi connectivity index (χ2v) is 5.43. The lowest BCUT2D eigenvalue weighted by atomic mass is 10.4. The minimum absolute atomic E-state index is 0.0800. The van der Waals surface area contributed by atoms with E-state index < -0.39 is 0 Å². The fourth-order valence-electron chi connectivity index (χ4n) is 2.34. The van der Waals surface area contributed by atoms with Crippen LogP contribution in [0.25, 0.3) is 0 Å². The van der Waals surface area contributed by atoms with E-state index in [9.17, 15) is 9.59 Å². The molecule has 1 saturated heterocycles. The highest BCUT2D eigenvalue weighted by molar-refractivity contribution is 5.75. The third kappa shape index (κ3) is 4.51. The van der Waals surface area contributed by atoms with Crippen molar-refractivity contribution in [2.75, 3.05) is 38.3 Å². The van der Waals surface area contributed by atoms with Gasteiger partial charge in [0, 0.05) is 25.4 Å². The number of hydrogen-bond donors (Lipinski definition) is 1. The number of morpholine rings is 1. The quantitative estimate of drug-likeness (QED) is 0.660. The van der Waals surface area contributed by atoms with E-state index in [-0.39, 0.29) is 30.6 Å². The molecule has 1 aliphatic rings. The van der Waals surface area contributed by atoms with Gasteiger partial charge in [-0.25, -0.2) is 4.68 Å². The molecule has 0 radical (unpaired) electrons. The Morgan fingerprint density at radius 1 is 1.31 bits per heavy atom. The van der Waals surface area contributed by atoms with Crippen LogP contribution in [0.5, 0.6) is 6.01 Å². The predicted molar refractivity (Wildman–Crippen MR) is 89.8 cm³/mol. The lowest BCUT2D eigenvalue weighted by molar-refractivity contribution is -0.122. The summed E-state index contributed by atoms with van der Waals surface area (Å²) >= 11 is 0. The van der Waals surface area contributed by atoms with Crippen LogP contribution in [0.4, 0.5) is 5.95 Å². The Balaban J connectivity index is 1.66. The molecule has 0 bridgehead atoms. The summed E-state index contributed by atoms with van der Waals surface area (Å²) in [7, 11) is 1.47. The highest BCUT2D eigenvalue weighted by Gasteiger charge is 2.17. The Kier molecular flexibility index (Phi) is 5.69. The Morgan fingerprint density at radius 2 is 2.12 bits per heavy atom. The molecular formula is C15H19N7O4. The minimum Gasteiger partial charge on any atom is -0.467 e. The van der Waals surface area contributed by atoms with Crippen LogP contribution in [0, 0.1) is 0 Å². The molecule has 0 unspecified atom stereocenters. The van der Waals surface area contributed by atoms with Crippen molar-refractivity contribution in [2.45, 2.75) is 13.1 Å². The van der Waals surface area contributed by atoms with Gasteiger partial charge in [0.25, 0.3) is 5.56 Å². The minimum atomic E-state index is -0.377. The van der Waals surface area contributed by atoms with Gasteiger partial charge in [-0.05, 0) is 6.07 Å². The van der Waals surface area contributed by atoms with E-state index in [1.807, 2.05) is 4.90 Å². The first-order valence-corrected chi connectivity index (χ1v) is 8.06. The number of anilines is 1. The van der Waals surface area contributed by atoms with Crippen LogP contribution in [-0.4, -0.2) is 64.1 Å². The van der Waals surface area contributed by atoms with Crippen molar-refractivity contribution in [2.24, 2.45) is 0 Å². The number of aromatic nitrogens is 5. The van der Waals surface area contributed by atoms with Crippen LogP contribution in [0.2, 0.25) is 0 Å². The van der Waals surface area contributed by atoms with Gasteiger partial charge in [-0.3, -0.25) is 9.59 Å². The third-order valence-corrected chi connectivity index (χ3v) is 3.65. The predicted octanol–water partition coefficient (Wildman–Crippen LogP) is -1.41. The zero-order valence-corrected chi connectivity index (χ0v) is 14.3. The molecule has 26 heavy (non-hydrogen) atoms. The van der Waals surface area contributed by atoms with E-state index in [4.69, 9.17) is 9.47 Å². The Labute approximate surface area is 149 Å². The summed E-state index contributed by atoms with van der Waals surface area (Å²) in [5, 5.41) is 6.51. The van der Waals surface area contributed by atoms with Crippen LogP contribution in [0.3, 0.4) is 0 Å². The van der Waals surface area contributed by atoms with Crippen molar-refractivity contribution in [3.8, 4) is 6.01 Å². The van der Waals surface area contributed by atoms with Crippen LogP contribution in [-0.2, 0) is 22.6 Å². The fraction of sp³-hybridized carbons (Fsp3) is 0.467.